The van der Waals surface area contributed by atoms with Crippen molar-refractivity contribution in [3.05, 3.63) is 232 Å². The molecule has 15 rings (SSSR count). The molecule has 0 saturated heterocycles. The van der Waals surface area contributed by atoms with E-state index in [0.717, 1.165) is 149 Å². The molecule has 0 aliphatic carbocycles. The first-order chi connectivity index (χ1) is 42.7. The monoisotopic (exact) mass is 1070 g/mol. The van der Waals surface area contributed by atoms with Crippen LogP contribution in [-0.2, 0) is 21.1 Å². The smallest absolute Gasteiger partial charge is 0.212 e. The molecule has 0 amide bonds. The molecule has 0 spiro atoms. The Bertz CT molecular complexity index is 5360. The van der Waals surface area contributed by atoms with E-state index in [4.69, 9.17) is 25.6 Å². The molecule has 6 aromatic heterocycles. The highest BCUT2D eigenvalue weighted by atomic mass is 16.3. The molecule has 81 heavy (non-hydrogen) atoms. The highest BCUT2D eigenvalue weighted by Gasteiger charge is 2.23. The van der Waals surface area contributed by atoms with Crippen LogP contribution in [0.25, 0.3) is 132 Å². The largest absolute Gasteiger partial charge is 0.456 e. The summed E-state index contributed by atoms with van der Waals surface area (Å²) < 4.78 is 94.4. The van der Waals surface area contributed by atoms with E-state index < -0.39 is 20.6 Å². The van der Waals surface area contributed by atoms with Crippen molar-refractivity contribution >= 4 is 98.1 Å². The quantitative estimate of drug-likeness (QED) is 0.166. The van der Waals surface area contributed by atoms with Gasteiger partial charge in [0.25, 0.3) is 0 Å². The Labute approximate surface area is 485 Å². The lowest BCUT2D eigenvalue weighted by molar-refractivity contribution is -0.660. The number of aryl methyl sites for hydroxylation is 12. The van der Waals surface area contributed by atoms with E-state index in [1.807, 2.05) is 110 Å². The van der Waals surface area contributed by atoms with Crippen LogP contribution in [0.1, 0.15) is 62.4 Å². The molecule has 0 aliphatic heterocycles. The van der Waals surface area contributed by atoms with Gasteiger partial charge in [-0.15, -0.1) is 0 Å². The van der Waals surface area contributed by atoms with Gasteiger partial charge in [0.05, 0.1) is 16.7 Å². The zero-order chi connectivity index (χ0) is 63.6. The van der Waals surface area contributed by atoms with E-state index in [1.165, 1.54) is 16.2 Å². The van der Waals surface area contributed by atoms with E-state index in [1.54, 1.807) is 18.6 Å². The number of rotatable bonds is 3. The SMILES string of the molecule is [2H]C([2H])([2H])c1c[n+](C)c(-c2cc3oc4c5ccccc5ccc4c3cc2C)cc1C.[2H]C([2H])([2H])c1c[n+](C)c(-c2cc3oc4cc5ccccc5cc4c3cc2C)cc1C.[2H]C([2H])([2H])c1c[n+](C)c(-c2ccc3c(oc4ccc5ccccc5c43)c2C)cc1C. The van der Waals surface area contributed by atoms with Crippen molar-refractivity contribution in [2.24, 2.45) is 21.1 Å². The lowest BCUT2D eigenvalue weighted by Gasteiger charge is -2.07. The van der Waals surface area contributed by atoms with Gasteiger partial charge in [-0.25, -0.2) is 13.7 Å². The first-order valence-corrected chi connectivity index (χ1v) is 27.3. The zero-order valence-corrected chi connectivity index (χ0v) is 46.9. The molecule has 0 unspecified atom stereocenters. The van der Waals surface area contributed by atoms with Gasteiger partial charge in [0.1, 0.15) is 54.6 Å². The van der Waals surface area contributed by atoms with E-state index in [0.29, 0.717) is 16.7 Å². The molecule has 0 saturated carbocycles. The minimum Gasteiger partial charge on any atom is -0.456 e. The summed E-state index contributed by atoms with van der Waals surface area (Å²) in [6.07, 6.45) is 5.15. The maximum atomic E-state index is 7.77. The van der Waals surface area contributed by atoms with E-state index >= 15 is 0 Å². The summed E-state index contributed by atoms with van der Waals surface area (Å²) in [4.78, 5) is 0. The molecular weight excluding hydrogens is 991 g/mol. The number of nitrogens with zero attached hydrogens (tertiary/aromatic N) is 3. The fraction of sp³-hybridized carbons (Fsp3) is 0.160. The molecule has 0 aliphatic rings. The third-order valence-corrected chi connectivity index (χ3v) is 16.4. The molecule has 0 radical (unpaired) electrons. The summed E-state index contributed by atoms with van der Waals surface area (Å²) in [5, 5.41) is 13.6. The summed E-state index contributed by atoms with van der Waals surface area (Å²) in [7, 11) is 5.67. The Hall–Kier alpha value is -9.39. The predicted molar refractivity (Wildman–Crippen MR) is 336 cm³/mol. The zero-order valence-electron chi connectivity index (χ0n) is 55.9. The third kappa shape index (κ3) is 8.78. The lowest BCUT2D eigenvalue weighted by atomic mass is 9.98. The molecule has 0 bridgehead atoms. The lowest BCUT2D eigenvalue weighted by Crippen LogP contribution is -2.31. The van der Waals surface area contributed by atoms with Gasteiger partial charge in [-0.2, -0.15) is 0 Å². The van der Waals surface area contributed by atoms with Gasteiger partial charge in [0, 0.05) is 90.5 Å². The number of aromatic nitrogens is 3. The standard InChI is InChI=1S/3C25H22NO/c1-15-10-23(26(4)14-17(15)3)20-13-25-21(9-16(20)2)22-11-18-7-5-6-8-19(18)12-24(22)27-25;1-15-13-22(26(4)14-16(15)2)19-10-11-21-24-20-8-6-5-7-18(20)9-12-23(24)27-25(21)17(19)3;1-15-12-23(26(4)14-17(15)3)21-13-24-22(11-16(21)2)20-10-9-18-7-5-6-8-19(18)25(20)27-24/h3*5-14H,1-4H3/q3*+1/i3D3;2D3;3D3. The molecule has 6 heterocycles. The Morgan fingerprint density at radius 2 is 0.753 bits per heavy atom. The van der Waals surface area contributed by atoms with Crippen molar-refractivity contribution in [3.63, 3.8) is 0 Å². The van der Waals surface area contributed by atoms with Crippen molar-refractivity contribution in [1.29, 1.82) is 0 Å². The van der Waals surface area contributed by atoms with Crippen molar-refractivity contribution in [1.82, 2.24) is 0 Å². The summed E-state index contributed by atoms with van der Waals surface area (Å²) in [5.74, 6) is 0. The third-order valence-electron chi connectivity index (χ3n) is 16.4. The average molecular weight is 1070 g/mol. The summed E-state index contributed by atoms with van der Waals surface area (Å²) in [6, 6.07) is 56.1. The van der Waals surface area contributed by atoms with Gasteiger partial charge in [0.2, 0.25) is 17.1 Å². The molecule has 396 valence electrons. The molecular formula is C75H66N3O3+3. The summed E-state index contributed by atoms with van der Waals surface area (Å²) >= 11 is 0. The maximum Gasteiger partial charge on any atom is 0.212 e. The van der Waals surface area contributed by atoms with Crippen molar-refractivity contribution in [2.45, 2.75) is 62.1 Å². The normalized spacial score (nSPS) is 13.8. The number of fused-ring (bicyclic) bond motifs is 14. The van der Waals surface area contributed by atoms with Crippen LogP contribution in [0, 0.1) is 62.1 Å². The van der Waals surface area contributed by atoms with Gasteiger partial charge in [-0.1, -0.05) is 84.9 Å². The number of benzene rings is 9. The van der Waals surface area contributed by atoms with Crippen molar-refractivity contribution in [2.75, 3.05) is 0 Å². The highest BCUT2D eigenvalue weighted by Crippen LogP contribution is 2.41. The molecule has 6 nitrogen and oxygen atoms in total. The Kier molecular flexibility index (Phi) is 10.2. The van der Waals surface area contributed by atoms with E-state index in [2.05, 4.69) is 130 Å². The van der Waals surface area contributed by atoms with E-state index in [9.17, 15) is 0 Å². The number of hydrogen-bond acceptors (Lipinski definition) is 3. The second kappa shape index (κ2) is 19.8. The Morgan fingerprint density at radius 1 is 0.309 bits per heavy atom. The second-order valence-corrected chi connectivity index (χ2v) is 21.9. The Morgan fingerprint density at radius 3 is 1.35 bits per heavy atom. The van der Waals surface area contributed by atoms with Crippen LogP contribution in [0.15, 0.2) is 196 Å². The average Bonchev–Trinajstić information content (AvgIpc) is 1.57. The first-order valence-electron chi connectivity index (χ1n) is 31.8. The van der Waals surface area contributed by atoms with Crippen LogP contribution in [0.2, 0.25) is 0 Å². The Balaban J connectivity index is 0.000000124. The highest BCUT2D eigenvalue weighted by molar-refractivity contribution is 6.20. The van der Waals surface area contributed by atoms with Gasteiger partial charge >= 0.3 is 0 Å². The fourth-order valence-corrected chi connectivity index (χ4v) is 11.9. The number of furan rings is 3. The second-order valence-electron chi connectivity index (χ2n) is 21.9. The number of pyridine rings is 3. The number of hydrogen-bond donors (Lipinski definition) is 0. The molecule has 0 N–H and O–H groups in total. The van der Waals surface area contributed by atoms with Crippen molar-refractivity contribution < 1.29 is 39.3 Å². The van der Waals surface area contributed by atoms with E-state index in [-0.39, 0.29) is 0 Å². The van der Waals surface area contributed by atoms with Gasteiger partial charge < -0.3 is 13.3 Å². The van der Waals surface area contributed by atoms with Crippen LogP contribution in [0.5, 0.6) is 0 Å². The summed E-state index contributed by atoms with van der Waals surface area (Å²) in [6.45, 7) is 5.42. The van der Waals surface area contributed by atoms with Crippen LogP contribution in [-0.4, -0.2) is 0 Å². The van der Waals surface area contributed by atoms with Gasteiger partial charge in [-0.05, 0) is 178 Å². The minimum absolute atomic E-state index is 0.377. The van der Waals surface area contributed by atoms with Crippen molar-refractivity contribution in [3.8, 4) is 33.8 Å². The fourth-order valence-electron chi connectivity index (χ4n) is 11.9. The van der Waals surface area contributed by atoms with Crippen LogP contribution >= 0.6 is 0 Å². The molecule has 0 fully saturated rings. The molecule has 6 heteroatoms. The van der Waals surface area contributed by atoms with Crippen LogP contribution in [0.4, 0.5) is 0 Å². The molecule has 9 aromatic carbocycles. The summed E-state index contributed by atoms with van der Waals surface area (Å²) in [5.41, 5.74) is 17.9. The van der Waals surface area contributed by atoms with Crippen LogP contribution < -0.4 is 13.7 Å². The first kappa shape index (κ1) is 41.6. The minimum atomic E-state index is -2.13. The van der Waals surface area contributed by atoms with Gasteiger partial charge in [-0.3, -0.25) is 0 Å². The molecule has 15 aromatic rings. The van der Waals surface area contributed by atoms with Gasteiger partial charge in [0.15, 0.2) is 18.6 Å². The molecule has 0 atom stereocenters. The topological polar surface area (TPSA) is 51.1 Å². The predicted octanol–water partition coefficient (Wildman–Crippen LogP) is 18.5. The van der Waals surface area contributed by atoms with Crippen LogP contribution in [0.3, 0.4) is 0 Å². The maximum absolute atomic E-state index is 7.77.